The quantitative estimate of drug-likeness (QED) is 0.177. The first kappa shape index (κ1) is 30.5. The average Bonchev–Trinajstić information content (AvgIpc) is 2.87. The van der Waals surface area contributed by atoms with E-state index in [0.29, 0.717) is 0 Å². The molecule has 0 amide bonds. The van der Waals surface area contributed by atoms with Crippen LogP contribution >= 0.6 is 7.26 Å². The Morgan fingerprint density at radius 2 is 0.917 bits per heavy atom. The van der Waals surface area contributed by atoms with Crippen LogP contribution in [0.15, 0.2) is 72.8 Å². The van der Waals surface area contributed by atoms with E-state index >= 15 is 0 Å². The van der Waals surface area contributed by atoms with Gasteiger partial charge in [0.15, 0.2) is 6.29 Å². The van der Waals surface area contributed by atoms with Gasteiger partial charge in [-0.05, 0) is 81.3 Å². The molecule has 0 spiro atoms. The molecule has 0 radical (unpaired) electrons. The molecule has 0 heterocycles. The van der Waals surface area contributed by atoms with Crippen LogP contribution in [0.2, 0.25) is 0 Å². The maximum absolute atomic E-state index is 5.32. The lowest BCUT2D eigenvalue weighted by Crippen LogP contribution is -3.00. The normalized spacial score (nSPS) is 11.5. The molecule has 0 aliphatic carbocycles. The second-order valence-electron chi connectivity index (χ2n) is 9.70. The molecule has 0 unspecified atom stereocenters. The summed E-state index contributed by atoms with van der Waals surface area (Å²) < 4.78 is 10.6. The van der Waals surface area contributed by atoms with Gasteiger partial charge in [0.2, 0.25) is 0 Å². The van der Waals surface area contributed by atoms with Crippen LogP contribution in [0.5, 0.6) is 0 Å². The first-order valence-corrected chi connectivity index (χ1v) is 15.1. The molecular weight excluding hydrogens is 483 g/mol. The van der Waals surface area contributed by atoms with E-state index in [4.69, 9.17) is 9.47 Å². The van der Waals surface area contributed by atoms with Gasteiger partial charge in [-0.2, -0.15) is 0 Å². The van der Waals surface area contributed by atoms with Gasteiger partial charge in [0.25, 0.3) is 0 Å². The third-order valence-corrected chi connectivity index (χ3v) is 12.2. The van der Waals surface area contributed by atoms with Crippen molar-refractivity contribution < 1.29 is 21.9 Å². The second kappa shape index (κ2) is 15.5. The Bertz CT molecular complexity index is 937. The van der Waals surface area contributed by atoms with Gasteiger partial charge in [-0.15, -0.1) is 0 Å². The molecule has 0 fully saturated rings. The van der Waals surface area contributed by atoms with Crippen molar-refractivity contribution in [3.63, 3.8) is 0 Å². The van der Waals surface area contributed by atoms with Gasteiger partial charge in [0.05, 0.1) is 6.16 Å². The largest absolute Gasteiger partial charge is 1.00 e. The lowest BCUT2D eigenvalue weighted by molar-refractivity contribution is -0.107. The number of benzene rings is 3. The molecule has 2 nitrogen and oxygen atoms in total. The Labute approximate surface area is 226 Å². The van der Waals surface area contributed by atoms with E-state index < -0.39 is 7.26 Å². The zero-order valence-electron chi connectivity index (χ0n) is 22.8. The molecule has 0 N–H and O–H groups in total. The zero-order chi connectivity index (χ0) is 25.1. The molecule has 0 aliphatic rings. The number of halogens is 1. The Morgan fingerprint density at radius 3 is 1.31 bits per heavy atom. The van der Waals surface area contributed by atoms with Crippen LogP contribution in [0.1, 0.15) is 61.6 Å². The smallest absolute Gasteiger partial charge is 0.156 e. The van der Waals surface area contributed by atoms with E-state index in [9.17, 15) is 0 Å². The minimum Gasteiger partial charge on any atom is -1.00 e. The van der Waals surface area contributed by atoms with Gasteiger partial charge in [-0.25, -0.2) is 0 Å². The summed E-state index contributed by atoms with van der Waals surface area (Å²) in [5.74, 6) is 0. The highest BCUT2D eigenvalue weighted by molar-refractivity contribution is 7.96. The second-order valence-corrected chi connectivity index (χ2v) is 13.2. The summed E-state index contributed by atoms with van der Waals surface area (Å²) >= 11 is 0. The number of hydrogen-bond acceptors (Lipinski definition) is 2. The van der Waals surface area contributed by atoms with E-state index in [2.05, 4.69) is 93.6 Å². The molecule has 0 saturated heterocycles. The standard InChI is InChI=1S/C32H44O2P.ClH/c1-26-18-11-14-21-29(26)35(30-22-15-12-19-27(30)2,31-23-16-13-20-28(31)3)25-17-9-7-6-8-10-24-32(33-4)34-5;/h11-16,18-23,32H,6-10,17,24-25H2,1-5H3;1H/q+1;/p-1. The van der Waals surface area contributed by atoms with Crippen molar-refractivity contribution >= 4 is 23.2 Å². The monoisotopic (exact) mass is 526 g/mol. The highest BCUT2D eigenvalue weighted by Crippen LogP contribution is 2.58. The highest BCUT2D eigenvalue weighted by Gasteiger charge is 2.47. The van der Waals surface area contributed by atoms with E-state index in [1.54, 1.807) is 30.1 Å². The average molecular weight is 527 g/mol. The van der Waals surface area contributed by atoms with Crippen molar-refractivity contribution in [3.8, 4) is 0 Å². The predicted molar refractivity (Wildman–Crippen MR) is 154 cm³/mol. The van der Waals surface area contributed by atoms with Gasteiger partial charge < -0.3 is 21.9 Å². The number of unbranched alkanes of at least 4 members (excludes halogenated alkanes) is 5. The fourth-order valence-corrected chi connectivity index (χ4v) is 10.7. The number of rotatable bonds is 14. The maximum atomic E-state index is 5.32. The van der Waals surface area contributed by atoms with Crippen molar-refractivity contribution in [3.05, 3.63) is 89.5 Å². The van der Waals surface area contributed by atoms with Gasteiger partial charge in [-0.3, -0.25) is 0 Å². The lowest BCUT2D eigenvalue weighted by atomic mass is 10.1. The summed E-state index contributed by atoms with van der Waals surface area (Å²) in [6.07, 6.45) is 9.67. The van der Waals surface area contributed by atoms with E-state index in [-0.39, 0.29) is 18.7 Å². The van der Waals surface area contributed by atoms with Crippen LogP contribution in [-0.2, 0) is 9.47 Å². The van der Waals surface area contributed by atoms with Crippen molar-refractivity contribution in [2.75, 3.05) is 20.4 Å². The van der Waals surface area contributed by atoms with E-state index in [1.807, 2.05) is 0 Å². The summed E-state index contributed by atoms with van der Waals surface area (Å²) in [5, 5.41) is 4.65. The number of ether oxygens (including phenoxy) is 2. The molecule has 0 atom stereocenters. The summed E-state index contributed by atoms with van der Waals surface area (Å²) in [4.78, 5) is 0. The number of hydrogen-bond donors (Lipinski definition) is 0. The molecule has 0 aliphatic heterocycles. The molecule has 4 heteroatoms. The van der Waals surface area contributed by atoms with Crippen molar-refractivity contribution in [1.29, 1.82) is 0 Å². The first-order valence-electron chi connectivity index (χ1n) is 13.2. The molecule has 3 aromatic rings. The molecule has 0 aromatic heterocycles. The van der Waals surface area contributed by atoms with Crippen molar-refractivity contribution in [2.24, 2.45) is 0 Å². The van der Waals surface area contributed by atoms with Gasteiger partial charge in [0, 0.05) is 14.2 Å². The Kier molecular flexibility index (Phi) is 13.2. The van der Waals surface area contributed by atoms with E-state index in [1.165, 1.54) is 61.4 Å². The van der Waals surface area contributed by atoms with Crippen LogP contribution in [0.3, 0.4) is 0 Å². The van der Waals surface area contributed by atoms with Crippen LogP contribution in [0.25, 0.3) is 0 Å². The molecule has 36 heavy (non-hydrogen) atoms. The molecule has 196 valence electrons. The molecule has 0 saturated carbocycles. The third-order valence-electron chi connectivity index (χ3n) is 7.29. The predicted octanol–water partition coefficient (Wildman–Crippen LogP) is 4.26. The van der Waals surface area contributed by atoms with Crippen LogP contribution in [-0.4, -0.2) is 26.7 Å². The highest BCUT2D eigenvalue weighted by atomic mass is 35.5. The van der Waals surface area contributed by atoms with Gasteiger partial charge >= 0.3 is 0 Å². The van der Waals surface area contributed by atoms with E-state index in [0.717, 1.165) is 6.42 Å². The lowest BCUT2D eigenvalue weighted by Gasteiger charge is -2.31. The summed E-state index contributed by atoms with van der Waals surface area (Å²) in [6, 6.07) is 27.4. The summed E-state index contributed by atoms with van der Waals surface area (Å²) in [5.41, 5.74) is 4.24. The zero-order valence-corrected chi connectivity index (χ0v) is 24.5. The minimum absolute atomic E-state index is 0. The van der Waals surface area contributed by atoms with Gasteiger partial charge in [-0.1, -0.05) is 73.9 Å². The SMILES string of the molecule is COC(CCCCCCCC[P+](c1ccccc1C)(c1ccccc1C)c1ccccc1C)OC.[Cl-]. The van der Waals surface area contributed by atoms with Crippen molar-refractivity contribution in [2.45, 2.75) is 72.0 Å². The van der Waals surface area contributed by atoms with Crippen LogP contribution in [0, 0.1) is 20.8 Å². The van der Waals surface area contributed by atoms with Gasteiger partial charge in [0.1, 0.15) is 23.2 Å². The minimum atomic E-state index is -1.78. The summed E-state index contributed by atoms with van der Waals surface area (Å²) in [6.45, 7) is 6.90. The topological polar surface area (TPSA) is 18.5 Å². The maximum Gasteiger partial charge on any atom is 0.156 e. The van der Waals surface area contributed by atoms with Crippen LogP contribution in [0.4, 0.5) is 0 Å². The number of aryl methyl sites for hydroxylation is 3. The Hall–Kier alpha value is -1.70. The molecule has 3 aromatic carbocycles. The fraction of sp³-hybridized carbons (Fsp3) is 0.438. The molecule has 3 rings (SSSR count). The molecular formula is C32H44ClO2P. The summed E-state index contributed by atoms with van der Waals surface area (Å²) in [7, 11) is 1.66. The Balaban J connectivity index is 0.00000456. The first-order chi connectivity index (χ1) is 17.0. The third kappa shape index (κ3) is 7.42. The van der Waals surface area contributed by atoms with Crippen molar-refractivity contribution in [1.82, 2.24) is 0 Å². The molecule has 0 bridgehead atoms. The Morgan fingerprint density at radius 1 is 0.556 bits per heavy atom. The number of methoxy groups -OCH3 is 2. The fourth-order valence-electron chi connectivity index (χ4n) is 5.42. The van der Waals surface area contributed by atoms with Crippen LogP contribution < -0.4 is 28.3 Å².